The van der Waals surface area contributed by atoms with Crippen molar-refractivity contribution in [1.29, 1.82) is 0 Å². The van der Waals surface area contributed by atoms with Crippen molar-refractivity contribution in [3.8, 4) is 0 Å². The van der Waals surface area contributed by atoms with Crippen molar-refractivity contribution < 1.29 is 19.1 Å². The number of amides is 2. The number of hydrogen-bond donors (Lipinski definition) is 0. The Bertz CT molecular complexity index is 232. The highest BCUT2D eigenvalue weighted by molar-refractivity contribution is 5.78. The lowest BCUT2D eigenvalue weighted by Crippen LogP contribution is -2.39. The van der Waals surface area contributed by atoms with Crippen LogP contribution in [-0.2, 0) is 19.1 Å². The van der Waals surface area contributed by atoms with E-state index in [-0.39, 0.29) is 25.0 Å². The van der Waals surface area contributed by atoms with Gasteiger partial charge in [0.15, 0.2) is 0 Å². The molecule has 0 spiro atoms. The Morgan fingerprint density at radius 3 is 1.44 bits per heavy atom. The van der Waals surface area contributed by atoms with Gasteiger partial charge in [-0.3, -0.25) is 9.59 Å². The van der Waals surface area contributed by atoms with E-state index in [1.54, 1.807) is 23.9 Å². The third-order valence-electron chi connectivity index (χ3n) is 2.48. The van der Waals surface area contributed by atoms with Gasteiger partial charge in [-0.15, -0.1) is 0 Å². The predicted molar refractivity (Wildman–Crippen MR) is 68.3 cm³/mol. The molecule has 0 aromatic rings. The van der Waals surface area contributed by atoms with E-state index in [2.05, 4.69) is 0 Å². The molecule has 0 aliphatic heterocycles. The Morgan fingerprint density at radius 1 is 0.833 bits per heavy atom. The molecule has 18 heavy (non-hydrogen) atoms. The van der Waals surface area contributed by atoms with Crippen molar-refractivity contribution in [3.05, 3.63) is 0 Å². The van der Waals surface area contributed by atoms with Gasteiger partial charge >= 0.3 is 0 Å². The average molecular weight is 260 g/mol. The summed E-state index contributed by atoms with van der Waals surface area (Å²) in [5.74, 6) is -0.162. The van der Waals surface area contributed by atoms with Crippen LogP contribution in [0.3, 0.4) is 0 Å². The van der Waals surface area contributed by atoms with Crippen LogP contribution in [0.15, 0.2) is 0 Å². The summed E-state index contributed by atoms with van der Waals surface area (Å²) in [5, 5.41) is 0. The van der Waals surface area contributed by atoms with Gasteiger partial charge in [0.2, 0.25) is 11.8 Å². The molecule has 0 aromatic carbocycles. The monoisotopic (exact) mass is 260 g/mol. The zero-order valence-electron chi connectivity index (χ0n) is 11.8. The third kappa shape index (κ3) is 7.24. The molecule has 0 aromatic heterocycles. The summed E-state index contributed by atoms with van der Waals surface area (Å²) < 4.78 is 10.1. The maximum absolute atomic E-state index is 11.5. The van der Waals surface area contributed by atoms with Crippen LogP contribution < -0.4 is 0 Å². The molecule has 0 bridgehead atoms. The predicted octanol–water partition coefficient (Wildman–Crippen LogP) is -0.0238. The van der Waals surface area contributed by atoms with Crippen molar-refractivity contribution in [2.45, 2.75) is 13.8 Å². The summed E-state index contributed by atoms with van der Waals surface area (Å²) in [6, 6.07) is 0. The fourth-order valence-electron chi connectivity index (χ4n) is 1.15. The number of carbonyl (C=O) groups excluding carboxylic acids is 2. The largest absolute Gasteiger partial charge is 0.372 e. The minimum absolute atomic E-state index is 0.0810. The Balaban J connectivity index is 3.85. The Labute approximate surface area is 109 Å². The zero-order chi connectivity index (χ0) is 14.0. The van der Waals surface area contributed by atoms with Crippen LogP contribution in [0.5, 0.6) is 0 Å². The number of rotatable bonds is 9. The van der Waals surface area contributed by atoms with E-state index in [4.69, 9.17) is 9.47 Å². The molecular formula is C12H24N2O4. The molecule has 0 fully saturated rings. The van der Waals surface area contributed by atoms with Crippen molar-refractivity contribution in [3.63, 3.8) is 0 Å². The number of hydrogen-bond acceptors (Lipinski definition) is 4. The van der Waals surface area contributed by atoms with Gasteiger partial charge in [0.05, 0.1) is 0 Å². The highest BCUT2D eigenvalue weighted by atomic mass is 16.5. The van der Waals surface area contributed by atoms with Crippen molar-refractivity contribution in [1.82, 2.24) is 9.80 Å². The summed E-state index contributed by atoms with van der Waals surface area (Å²) in [6.45, 7) is 5.87. The molecule has 0 heterocycles. The molecule has 0 N–H and O–H groups in total. The normalized spacial score (nSPS) is 10.2. The molecule has 6 heteroatoms. The van der Waals surface area contributed by atoms with Gasteiger partial charge < -0.3 is 19.3 Å². The smallest absolute Gasteiger partial charge is 0.248 e. The van der Waals surface area contributed by atoms with E-state index in [0.29, 0.717) is 26.3 Å². The first-order chi connectivity index (χ1) is 8.52. The van der Waals surface area contributed by atoms with Crippen molar-refractivity contribution in [2.24, 2.45) is 0 Å². The molecule has 106 valence electrons. The summed E-state index contributed by atoms with van der Waals surface area (Å²) >= 11 is 0. The number of ether oxygens (including phenoxy) is 2. The second-order valence-electron chi connectivity index (χ2n) is 3.90. The first-order valence-corrected chi connectivity index (χ1v) is 6.16. The van der Waals surface area contributed by atoms with Crippen molar-refractivity contribution in [2.75, 3.05) is 53.6 Å². The van der Waals surface area contributed by atoms with Gasteiger partial charge in [-0.25, -0.2) is 0 Å². The summed E-state index contributed by atoms with van der Waals surface area (Å²) in [7, 11) is 3.39. The van der Waals surface area contributed by atoms with E-state index in [1.807, 2.05) is 13.8 Å². The van der Waals surface area contributed by atoms with E-state index in [1.165, 1.54) is 0 Å². The Hall–Kier alpha value is -1.14. The maximum Gasteiger partial charge on any atom is 0.248 e. The van der Waals surface area contributed by atoms with Gasteiger partial charge in [0, 0.05) is 40.4 Å². The number of likely N-dealkylation sites (N-methyl/N-ethyl adjacent to an activating group) is 2. The standard InChI is InChI=1S/C12H24N2O4/c1-5-17-9-11(15)13(3)7-8-14(4)12(16)10-18-6-2/h5-10H2,1-4H3. The molecule has 6 nitrogen and oxygen atoms in total. The minimum Gasteiger partial charge on any atom is -0.372 e. The number of nitrogens with zero attached hydrogens (tertiary/aromatic N) is 2. The third-order valence-corrected chi connectivity index (χ3v) is 2.48. The second-order valence-corrected chi connectivity index (χ2v) is 3.90. The molecule has 0 aliphatic rings. The highest BCUT2D eigenvalue weighted by Gasteiger charge is 2.12. The SMILES string of the molecule is CCOCC(=O)N(C)CCN(C)C(=O)COCC. The lowest BCUT2D eigenvalue weighted by molar-refractivity contribution is -0.138. The Kier molecular flexibility index (Phi) is 9.22. The molecule has 0 unspecified atom stereocenters. The zero-order valence-corrected chi connectivity index (χ0v) is 11.8. The van der Waals surface area contributed by atoms with Crippen LogP contribution in [0.25, 0.3) is 0 Å². The first-order valence-electron chi connectivity index (χ1n) is 6.16. The van der Waals surface area contributed by atoms with Gasteiger partial charge in [-0.2, -0.15) is 0 Å². The molecule has 0 saturated carbocycles. The quantitative estimate of drug-likeness (QED) is 0.584. The summed E-state index contributed by atoms with van der Waals surface area (Å²) in [4.78, 5) is 26.2. The van der Waals surface area contributed by atoms with Gasteiger partial charge in [-0.05, 0) is 13.8 Å². The van der Waals surface area contributed by atoms with Crippen LogP contribution >= 0.6 is 0 Å². The molecule has 0 radical (unpaired) electrons. The van der Waals surface area contributed by atoms with Gasteiger partial charge in [0.1, 0.15) is 13.2 Å². The highest BCUT2D eigenvalue weighted by Crippen LogP contribution is 1.91. The average Bonchev–Trinajstić information content (AvgIpc) is 2.38. The maximum atomic E-state index is 11.5. The summed E-state index contributed by atoms with van der Waals surface area (Å²) in [5.41, 5.74) is 0. The molecule has 0 rings (SSSR count). The fourth-order valence-corrected chi connectivity index (χ4v) is 1.15. The van der Waals surface area contributed by atoms with Crippen LogP contribution in [0, 0.1) is 0 Å². The molecule has 0 saturated heterocycles. The van der Waals surface area contributed by atoms with E-state index in [9.17, 15) is 9.59 Å². The second kappa shape index (κ2) is 9.85. The van der Waals surface area contributed by atoms with Crippen LogP contribution in [0.4, 0.5) is 0 Å². The first kappa shape index (κ1) is 16.9. The van der Waals surface area contributed by atoms with Crippen LogP contribution in [0.1, 0.15) is 13.8 Å². The van der Waals surface area contributed by atoms with Gasteiger partial charge in [0.25, 0.3) is 0 Å². The molecule has 0 aliphatic carbocycles. The van der Waals surface area contributed by atoms with Gasteiger partial charge in [-0.1, -0.05) is 0 Å². The van der Waals surface area contributed by atoms with E-state index < -0.39 is 0 Å². The molecule has 0 atom stereocenters. The lowest BCUT2D eigenvalue weighted by atomic mass is 10.4. The molecule has 2 amide bonds. The minimum atomic E-state index is -0.0810. The fraction of sp³-hybridized carbons (Fsp3) is 0.833. The summed E-state index contributed by atoms with van der Waals surface area (Å²) in [6.07, 6.45) is 0. The van der Waals surface area contributed by atoms with Crippen LogP contribution in [-0.4, -0.2) is 75.2 Å². The van der Waals surface area contributed by atoms with E-state index >= 15 is 0 Å². The lowest BCUT2D eigenvalue weighted by Gasteiger charge is -2.22. The number of carbonyl (C=O) groups is 2. The van der Waals surface area contributed by atoms with Crippen molar-refractivity contribution >= 4 is 11.8 Å². The molecular weight excluding hydrogens is 236 g/mol. The topological polar surface area (TPSA) is 59.1 Å². The Morgan fingerprint density at radius 2 is 1.17 bits per heavy atom. The van der Waals surface area contributed by atoms with E-state index in [0.717, 1.165) is 0 Å². The van der Waals surface area contributed by atoms with Crippen LogP contribution in [0.2, 0.25) is 0 Å².